The van der Waals surface area contributed by atoms with Crippen LogP contribution in [-0.4, -0.2) is 121 Å². The minimum absolute atomic E-state index is 0.00786. The van der Waals surface area contributed by atoms with Gasteiger partial charge in [-0.25, -0.2) is 0 Å². The number of carbonyl (C=O) groups is 2. The van der Waals surface area contributed by atoms with Crippen molar-refractivity contribution in [3.05, 3.63) is 108 Å². The van der Waals surface area contributed by atoms with Gasteiger partial charge in [0.05, 0.1) is 35.2 Å². The Morgan fingerprint density at radius 1 is 0.516 bits per heavy atom. The second-order valence-corrected chi connectivity index (χ2v) is 18.5. The highest BCUT2D eigenvalue weighted by Gasteiger charge is 2.36. The second-order valence-electron chi connectivity index (χ2n) is 18.5. The Kier molecular flexibility index (Phi) is 15.4. The van der Waals surface area contributed by atoms with Crippen LogP contribution in [0.4, 0.5) is 22.7 Å². The number of aliphatic hydroxyl groups is 2. The molecule has 0 spiro atoms. The average molecular weight is 871 g/mol. The summed E-state index contributed by atoms with van der Waals surface area (Å²) in [6.07, 6.45) is 9.20. The fourth-order valence-electron chi connectivity index (χ4n) is 9.85. The highest BCUT2D eigenvalue weighted by Crippen LogP contribution is 2.35. The molecule has 344 valence electrons. The van der Waals surface area contributed by atoms with Gasteiger partial charge in [-0.15, -0.1) is 0 Å². The van der Waals surface area contributed by atoms with Gasteiger partial charge in [0.15, 0.2) is 0 Å². The number of nitrogens with zero attached hydrogens (tertiary/aromatic N) is 8. The summed E-state index contributed by atoms with van der Waals surface area (Å²) in [5.41, 5.74) is 6.28. The lowest BCUT2D eigenvalue weighted by atomic mass is 9.93. The van der Waals surface area contributed by atoms with Crippen molar-refractivity contribution in [2.45, 2.75) is 90.3 Å². The van der Waals surface area contributed by atoms with Crippen LogP contribution in [0.2, 0.25) is 0 Å². The molecule has 6 heterocycles. The van der Waals surface area contributed by atoms with Crippen molar-refractivity contribution in [2.75, 3.05) is 99.1 Å². The zero-order valence-electron chi connectivity index (χ0n) is 39.3. The molecule has 12 nitrogen and oxygen atoms in total. The Bertz CT molecular complexity index is 1990. The maximum atomic E-state index is 13.3. The molecule has 0 bridgehead atoms. The van der Waals surface area contributed by atoms with E-state index in [4.69, 9.17) is 0 Å². The molecule has 4 fully saturated rings. The molecule has 2 atom stereocenters. The predicted molar refractivity (Wildman–Crippen MR) is 258 cm³/mol. The maximum Gasteiger partial charge on any atom is 0.230 e. The molecule has 0 unspecified atom stereocenters. The van der Waals surface area contributed by atoms with E-state index in [1.165, 1.54) is 22.5 Å². The number of aromatic nitrogens is 2. The van der Waals surface area contributed by atoms with Crippen LogP contribution in [0.5, 0.6) is 0 Å². The first-order chi connectivity index (χ1) is 30.9. The van der Waals surface area contributed by atoms with Crippen molar-refractivity contribution in [1.29, 1.82) is 0 Å². The summed E-state index contributed by atoms with van der Waals surface area (Å²) in [5.74, 6) is 0.334. The average Bonchev–Trinajstić information content (AvgIpc) is 3.89. The SMILES string of the molecule is CCC(O)(CC)c1ccc(N2CC[C@@H](Cc3ccccc3N3CCN([11CH3])CC3)C2=O)cn1.CCC(O)(CC)c1ccc(N2CC[C@H](Cc3ccccc3N3CCN([11CH3])CC3)C2=O)cn1. The van der Waals surface area contributed by atoms with Crippen LogP contribution in [-0.2, 0) is 33.6 Å². The van der Waals surface area contributed by atoms with Crippen LogP contribution >= 0.6 is 0 Å². The Balaban J connectivity index is 0.000000191. The normalized spacial score (nSPS) is 20.2. The highest BCUT2D eigenvalue weighted by atomic mass is 16.3. The number of pyridine rings is 2. The van der Waals surface area contributed by atoms with Crippen molar-refractivity contribution >= 4 is 34.6 Å². The Morgan fingerprint density at radius 2 is 0.875 bits per heavy atom. The molecule has 4 saturated heterocycles. The fraction of sp³-hybridized carbons (Fsp3) is 0.538. The number of hydrogen-bond donors (Lipinski definition) is 2. The van der Waals surface area contributed by atoms with Gasteiger partial charge >= 0.3 is 0 Å². The molecule has 4 aliphatic heterocycles. The van der Waals surface area contributed by atoms with E-state index in [2.05, 4.69) is 92.2 Å². The summed E-state index contributed by atoms with van der Waals surface area (Å²) in [6, 6.07) is 24.7. The number of para-hydroxylation sites is 2. The number of anilines is 4. The minimum atomic E-state index is -0.900. The molecule has 2 aromatic heterocycles. The molecule has 0 aliphatic carbocycles. The van der Waals surface area contributed by atoms with E-state index in [0.717, 1.165) is 89.4 Å². The minimum Gasteiger partial charge on any atom is -0.384 e. The third-order valence-corrected chi connectivity index (χ3v) is 14.6. The van der Waals surface area contributed by atoms with E-state index in [1.54, 1.807) is 12.4 Å². The van der Waals surface area contributed by atoms with Gasteiger partial charge in [-0.2, -0.15) is 0 Å². The van der Waals surface area contributed by atoms with Gasteiger partial charge in [-0.1, -0.05) is 64.1 Å². The third kappa shape index (κ3) is 10.5. The van der Waals surface area contributed by atoms with Crippen molar-refractivity contribution in [3.63, 3.8) is 0 Å². The van der Waals surface area contributed by atoms with Crippen LogP contribution in [0, 0.1) is 11.8 Å². The standard InChI is InChI=1S/2C26H36N4O2/c2*1-4-26(32,5-2)24-11-10-22(19-27-24)30-13-12-21(25(30)31)18-20-8-6-7-9-23(20)29-16-14-28(3)15-17-29/h2*6-11,19,21,32H,4-5,12-18H2,1-3H3/t2*21-/m10/s1/i2*3-1. The number of hydrogen-bond acceptors (Lipinski definition) is 10. The molecule has 64 heavy (non-hydrogen) atoms. The van der Waals surface area contributed by atoms with Gasteiger partial charge in [0.1, 0.15) is 11.2 Å². The molecule has 2 amide bonds. The van der Waals surface area contributed by atoms with E-state index in [0.29, 0.717) is 50.2 Å². The summed E-state index contributed by atoms with van der Waals surface area (Å²) in [5, 5.41) is 21.4. The van der Waals surface area contributed by atoms with Crippen LogP contribution in [0.25, 0.3) is 0 Å². The number of benzene rings is 2. The van der Waals surface area contributed by atoms with E-state index in [1.807, 2.05) is 61.8 Å². The summed E-state index contributed by atoms with van der Waals surface area (Å²) < 4.78 is 0. The Hall–Kier alpha value is -4.88. The van der Waals surface area contributed by atoms with Crippen LogP contribution in [0.1, 0.15) is 88.7 Å². The van der Waals surface area contributed by atoms with Gasteiger partial charge in [0.25, 0.3) is 0 Å². The molecular weight excluding hydrogens is 799 g/mol. The first kappa shape index (κ1) is 47.1. The molecule has 4 aliphatic rings. The number of likely N-dealkylation sites (N-methyl/N-ethyl adjacent to an activating group) is 2. The first-order valence-corrected chi connectivity index (χ1v) is 23.9. The highest BCUT2D eigenvalue weighted by molar-refractivity contribution is 5.98. The molecular formula is C52H72N8O4. The zero-order chi connectivity index (χ0) is 45.4. The third-order valence-electron chi connectivity index (χ3n) is 14.6. The Labute approximate surface area is 381 Å². The van der Waals surface area contributed by atoms with Gasteiger partial charge in [0, 0.05) is 88.7 Å². The lowest BCUT2D eigenvalue weighted by Gasteiger charge is -2.35. The first-order valence-electron chi connectivity index (χ1n) is 23.9. The predicted octanol–water partition coefficient (Wildman–Crippen LogP) is 6.87. The van der Waals surface area contributed by atoms with Gasteiger partial charge < -0.3 is 39.6 Å². The zero-order valence-corrected chi connectivity index (χ0v) is 39.3. The smallest absolute Gasteiger partial charge is 0.230 e. The lowest BCUT2D eigenvalue weighted by Crippen LogP contribution is -2.44. The largest absolute Gasteiger partial charge is 0.384 e. The molecule has 0 saturated carbocycles. The fourth-order valence-corrected chi connectivity index (χ4v) is 9.85. The van der Waals surface area contributed by atoms with Gasteiger partial charge in [-0.05, 0) is 113 Å². The summed E-state index contributed by atoms with van der Waals surface area (Å²) in [6.45, 7) is 17.7. The Morgan fingerprint density at radius 3 is 1.20 bits per heavy atom. The quantitative estimate of drug-likeness (QED) is 0.139. The van der Waals surface area contributed by atoms with Crippen molar-refractivity contribution < 1.29 is 19.8 Å². The summed E-state index contributed by atoms with van der Waals surface area (Å²) in [4.78, 5) is 48.9. The molecule has 12 heteroatoms. The van der Waals surface area contributed by atoms with Crippen molar-refractivity contribution in [2.24, 2.45) is 11.8 Å². The van der Waals surface area contributed by atoms with Crippen LogP contribution in [0.15, 0.2) is 85.2 Å². The van der Waals surface area contributed by atoms with E-state index >= 15 is 0 Å². The molecule has 2 N–H and O–H groups in total. The van der Waals surface area contributed by atoms with Crippen molar-refractivity contribution in [3.8, 4) is 0 Å². The second kappa shape index (κ2) is 21.0. The molecule has 2 aromatic carbocycles. The molecule has 4 aromatic rings. The number of amides is 2. The summed E-state index contributed by atoms with van der Waals surface area (Å²) >= 11 is 0. The monoisotopic (exact) mass is 871 g/mol. The topological polar surface area (TPSA) is 120 Å². The maximum absolute atomic E-state index is 13.3. The van der Waals surface area contributed by atoms with Crippen LogP contribution < -0.4 is 19.6 Å². The lowest BCUT2D eigenvalue weighted by molar-refractivity contribution is -0.121. The number of carbonyl (C=O) groups excluding carboxylic acids is 2. The number of piperazine rings is 2. The van der Waals surface area contributed by atoms with E-state index in [9.17, 15) is 19.8 Å². The van der Waals surface area contributed by atoms with Gasteiger partial charge in [-0.3, -0.25) is 19.6 Å². The van der Waals surface area contributed by atoms with E-state index in [-0.39, 0.29) is 23.7 Å². The van der Waals surface area contributed by atoms with Crippen LogP contribution in [0.3, 0.4) is 0 Å². The van der Waals surface area contributed by atoms with Crippen molar-refractivity contribution in [1.82, 2.24) is 19.8 Å². The summed E-state index contributed by atoms with van der Waals surface area (Å²) in [7, 11) is 4.34. The molecule has 8 rings (SSSR count). The molecule has 0 radical (unpaired) electrons. The van der Waals surface area contributed by atoms with E-state index < -0.39 is 11.2 Å². The number of rotatable bonds is 14. The van der Waals surface area contributed by atoms with Gasteiger partial charge in [0.2, 0.25) is 11.8 Å².